The van der Waals surface area contributed by atoms with Gasteiger partial charge in [0.15, 0.2) is 13.2 Å². The molecule has 1 amide bonds. The molecule has 0 radical (unpaired) electrons. The topological polar surface area (TPSA) is 108 Å². The van der Waals surface area contributed by atoms with Gasteiger partial charge in [0.25, 0.3) is 11.6 Å². The first-order chi connectivity index (χ1) is 13.3. The molecule has 148 valence electrons. The van der Waals surface area contributed by atoms with Crippen molar-refractivity contribution in [2.45, 2.75) is 26.7 Å². The number of aryl methyl sites for hydroxylation is 1. The number of esters is 1. The summed E-state index contributed by atoms with van der Waals surface area (Å²) >= 11 is 0. The van der Waals surface area contributed by atoms with Crippen molar-refractivity contribution in [1.29, 1.82) is 0 Å². The molecule has 0 saturated heterocycles. The number of nitro benzene ring substituents is 1. The third-order valence-corrected chi connectivity index (χ3v) is 3.95. The van der Waals surface area contributed by atoms with E-state index in [4.69, 9.17) is 9.47 Å². The van der Waals surface area contributed by atoms with Crippen molar-refractivity contribution < 1.29 is 24.0 Å². The van der Waals surface area contributed by atoms with E-state index in [9.17, 15) is 19.7 Å². The Bertz CT molecular complexity index is 879. The molecule has 0 aliphatic rings. The van der Waals surface area contributed by atoms with E-state index >= 15 is 0 Å². The number of carbonyl (C=O) groups is 2. The van der Waals surface area contributed by atoms with Gasteiger partial charge in [-0.05, 0) is 36.1 Å². The van der Waals surface area contributed by atoms with E-state index in [1.54, 1.807) is 13.0 Å². The zero-order chi connectivity index (χ0) is 20.7. The summed E-state index contributed by atoms with van der Waals surface area (Å²) in [6, 6.07) is 11.5. The molecule has 8 nitrogen and oxygen atoms in total. The van der Waals surface area contributed by atoms with Crippen molar-refractivity contribution in [2.75, 3.05) is 18.5 Å². The van der Waals surface area contributed by atoms with E-state index in [1.807, 2.05) is 32.0 Å². The van der Waals surface area contributed by atoms with Gasteiger partial charge in [-0.2, -0.15) is 0 Å². The summed E-state index contributed by atoms with van der Waals surface area (Å²) in [5.74, 6) is -0.384. The third kappa shape index (κ3) is 5.80. The van der Waals surface area contributed by atoms with Crippen LogP contribution in [0.4, 0.5) is 11.4 Å². The zero-order valence-corrected chi connectivity index (χ0v) is 15.9. The van der Waals surface area contributed by atoms with E-state index in [1.165, 1.54) is 18.2 Å². The number of hydrogen-bond donors (Lipinski definition) is 1. The molecule has 0 heterocycles. The summed E-state index contributed by atoms with van der Waals surface area (Å²) in [5, 5.41) is 13.3. The number of nitrogens with zero attached hydrogens (tertiary/aromatic N) is 1. The average Bonchev–Trinajstić information content (AvgIpc) is 2.66. The van der Waals surface area contributed by atoms with E-state index in [0.29, 0.717) is 17.0 Å². The van der Waals surface area contributed by atoms with Crippen LogP contribution in [-0.2, 0) is 14.3 Å². The number of rotatable bonds is 8. The Morgan fingerprint density at radius 1 is 1.14 bits per heavy atom. The van der Waals surface area contributed by atoms with Crippen LogP contribution in [0.5, 0.6) is 5.75 Å². The highest BCUT2D eigenvalue weighted by Crippen LogP contribution is 2.25. The third-order valence-electron chi connectivity index (χ3n) is 3.95. The maximum atomic E-state index is 11.9. The second-order valence-corrected chi connectivity index (χ2v) is 6.45. The molecule has 2 aromatic carbocycles. The number of para-hydroxylation sites is 1. The molecule has 0 unspecified atom stereocenters. The summed E-state index contributed by atoms with van der Waals surface area (Å²) in [5.41, 5.74) is 1.85. The second kappa shape index (κ2) is 9.50. The minimum atomic E-state index is -0.672. The standard InChI is InChI=1S/C20H22N2O6/c1-13(2)16-6-4-5-7-18(16)27-12-20(24)28-11-19(23)21-17-9-8-15(22(25)26)10-14(17)3/h4-10,13H,11-12H2,1-3H3,(H,21,23). The van der Waals surface area contributed by atoms with Gasteiger partial charge in [-0.25, -0.2) is 4.79 Å². The van der Waals surface area contributed by atoms with Gasteiger partial charge in [0.05, 0.1) is 4.92 Å². The lowest BCUT2D eigenvalue weighted by Gasteiger charge is -2.13. The number of amides is 1. The van der Waals surface area contributed by atoms with Crippen molar-refractivity contribution in [2.24, 2.45) is 0 Å². The van der Waals surface area contributed by atoms with Gasteiger partial charge in [-0.1, -0.05) is 32.0 Å². The van der Waals surface area contributed by atoms with Crippen LogP contribution in [0.1, 0.15) is 30.9 Å². The maximum Gasteiger partial charge on any atom is 0.344 e. The monoisotopic (exact) mass is 386 g/mol. The zero-order valence-electron chi connectivity index (χ0n) is 15.9. The maximum absolute atomic E-state index is 11.9. The molecule has 1 N–H and O–H groups in total. The first-order valence-corrected chi connectivity index (χ1v) is 8.70. The largest absolute Gasteiger partial charge is 0.482 e. The molecule has 0 aromatic heterocycles. The summed E-state index contributed by atoms with van der Waals surface area (Å²) in [6.45, 7) is 4.88. The molecule has 0 saturated carbocycles. The first-order valence-electron chi connectivity index (χ1n) is 8.70. The lowest BCUT2D eigenvalue weighted by molar-refractivity contribution is -0.384. The molecular formula is C20H22N2O6. The Labute approximate surface area is 162 Å². The molecule has 0 aliphatic heterocycles. The van der Waals surface area contributed by atoms with Crippen LogP contribution < -0.4 is 10.1 Å². The summed E-state index contributed by atoms with van der Waals surface area (Å²) in [4.78, 5) is 34.0. The lowest BCUT2D eigenvalue weighted by Crippen LogP contribution is -2.24. The Balaban J connectivity index is 1.83. The molecule has 0 spiro atoms. The highest BCUT2D eigenvalue weighted by atomic mass is 16.6. The molecule has 0 bridgehead atoms. The number of anilines is 1. The van der Waals surface area contributed by atoms with Gasteiger partial charge < -0.3 is 14.8 Å². The summed E-state index contributed by atoms with van der Waals surface area (Å²) in [7, 11) is 0. The fraction of sp³-hybridized carbons (Fsp3) is 0.300. The van der Waals surface area contributed by atoms with Crippen LogP contribution in [0.15, 0.2) is 42.5 Å². The SMILES string of the molecule is Cc1cc([N+](=O)[O-])ccc1NC(=O)COC(=O)COc1ccccc1C(C)C. The van der Waals surface area contributed by atoms with Gasteiger partial charge >= 0.3 is 5.97 Å². The van der Waals surface area contributed by atoms with Crippen LogP contribution in [-0.4, -0.2) is 30.0 Å². The van der Waals surface area contributed by atoms with Crippen molar-refractivity contribution >= 4 is 23.3 Å². The normalized spacial score (nSPS) is 10.4. The Morgan fingerprint density at radius 2 is 1.86 bits per heavy atom. The Morgan fingerprint density at radius 3 is 2.50 bits per heavy atom. The minimum absolute atomic E-state index is 0.0687. The predicted octanol–water partition coefficient (Wildman–Crippen LogP) is 3.59. The van der Waals surface area contributed by atoms with Gasteiger partial charge in [-0.15, -0.1) is 0 Å². The van der Waals surface area contributed by atoms with Crippen molar-refractivity contribution in [3.63, 3.8) is 0 Å². The van der Waals surface area contributed by atoms with E-state index in [0.717, 1.165) is 5.56 Å². The molecule has 0 aliphatic carbocycles. The molecule has 28 heavy (non-hydrogen) atoms. The number of nitro groups is 1. The first kappa shape index (κ1) is 20.9. The Hall–Kier alpha value is -3.42. The number of benzene rings is 2. The summed E-state index contributed by atoms with van der Waals surface area (Å²) < 4.78 is 10.4. The quantitative estimate of drug-likeness (QED) is 0.422. The fourth-order valence-corrected chi connectivity index (χ4v) is 2.50. The number of ether oxygens (including phenoxy) is 2. The Kier molecular flexibility index (Phi) is 7.08. The van der Waals surface area contributed by atoms with E-state index in [-0.39, 0.29) is 18.2 Å². The number of nitrogens with one attached hydrogen (secondary N) is 1. The van der Waals surface area contributed by atoms with Crippen LogP contribution in [0.25, 0.3) is 0 Å². The highest BCUT2D eigenvalue weighted by Gasteiger charge is 2.13. The average molecular weight is 386 g/mol. The fourth-order valence-electron chi connectivity index (χ4n) is 2.50. The van der Waals surface area contributed by atoms with Crippen LogP contribution in [0, 0.1) is 17.0 Å². The van der Waals surface area contributed by atoms with Crippen molar-refractivity contribution in [1.82, 2.24) is 0 Å². The van der Waals surface area contributed by atoms with Crippen LogP contribution >= 0.6 is 0 Å². The van der Waals surface area contributed by atoms with E-state index in [2.05, 4.69) is 5.32 Å². The molecular weight excluding hydrogens is 364 g/mol. The number of non-ortho nitro benzene ring substituents is 1. The molecule has 2 aromatic rings. The molecule has 2 rings (SSSR count). The predicted molar refractivity (Wildman–Crippen MR) is 103 cm³/mol. The second-order valence-electron chi connectivity index (χ2n) is 6.45. The molecule has 8 heteroatoms. The van der Waals surface area contributed by atoms with Crippen molar-refractivity contribution in [3.8, 4) is 5.75 Å². The van der Waals surface area contributed by atoms with Crippen molar-refractivity contribution in [3.05, 3.63) is 63.7 Å². The minimum Gasteiger partial charge on any atom is -0.482 e. The number of carbonyl (C=O) groups excluding carboxylic acids is 2. The van der Waals surface area contributed by atoms with E-state index < -0.39 is 23.4 Å². The summed E-state index contributed by atoms with van der Waals surface area (Å²) in [6.07, 6.45) is 0. The number of hydrogen-bond acceptors (Lipinski definition) is 6. The molecule has 0 atom stereocenters. The van der Waals surface area contributed by atoms with Gasteiger partial charge in [0.2, 0.25) is 0 Å². The van der Waals surface area contributed by atoms with Gasteiger partial charge in [0.1, 0.15) is 5.75 Å². The van der Waals surface area contributed by atoms with Gasteiger partial charge in [-0.3, -0.25) is 14.9 Å². The van der Waals surface area contributed by atoms with Crippen LogP contribution in [0.2, 0.25) is 0 Å². The lowest BCUT2D eigenvalue weighted by atomic mass is 10.0. The smallest absolute Gasteiger partial charge is 0.344 e. The van der Waals surface area contributed by atoms with Crippen LogP contribution in [0.3, 0.4) is 0 Å². The molecule has 0 fully saturated rings. The van der Waals surface area contributed by atoms with Gasteiger partial charge in [0, 0.05) is 17.8 Å². The highest BCUT2D eigenvalue weighted by molar-refractivity contribution is 5.93.